The summed E-state index contributed by atoms with van der Waals surface area (Å²) < 4.78 is 0. The van der Waals surface area contributed by atoms with Crippen molar-refractivity contribution in [2.24, 2.45) is 0 Å². The van der Waals surface area contributed by atoms with E-state index >= 15 is 0 Å². The van der Waals surface area contributed by atoms with Crippen LogP contribution >= 0.6 is 11.6 Å². The Kier molecular flexibility index (Phi) is 3.40. The van der Waals surface area contributed by atoms with Crippen molar-refractivity contribution in [3.63, 3.8) is 0 Å². The van der Waals surface area contributed by atoms with Gasteiger partial charge in [-0.1, -0.05) is 11.6 Å². The van der Waals surface area contributed by atoms with Gasteiger partial charge < -0.3 is 15.5 Å². The minimum atomic E-state index is 0.642. The molecule has 1 aromatic carbocycles. The number of hydrogen-bond acceptors (Lipinski definition) is 5. The third-order valence-corrected chi connectivity index (χ3v) is 3.51. The molecule has 19 heavy (non-hydrogen) atoms. The van der Waals surface area contributed by atoms with Crippen molar-refractivity contribution in [2.75, 3.05) is 43.4 Å². The van der Waals surface area contributed by atoms with Crippen molar-refractivity contribution in [1.29, 1.82) is 0 Å². The van der Waals surface area contributed by atoms with Gasteiger partial charge in [-0.2, -0.15) is 4.98 Å². The molecule has 0 aliphatic carbocycles. The van der Waals surface area contributed by atoms with Gasteiger partial charge in [0.2, 0.25) is 5.95 Å². The number of anilines is 2. The molecule has 6 heteroatoms. The first-order valence-electron chi connectivity index (χ1n) is 6.38. The molecule has 5 nitrogen and oxygen atoms in total. The predicted molar refractivity (Wildman–Crippen MR) is 79.2 cm³/mol. The molecule has 1 aliphatic rings. The van der Waals surface area contributed by atoms with Crippen LogP contribution in [0.25, 0.3) is 10.9 Å². The Hall–Kier alpha value is -1.59. The first-order chi connectivity index (χ1) is 9.28. The second-order valence-corrected chi connectivity index (χ2v) is 4.96. The highest BCUT2D eigenvalue weighted by Gasteiger charge is 2.16. The molecule has 1 fully saturated rings. The van der Waals surface area contributed by atoms with Gasteiger partial charge in [0.05, 0.1) is 5.52 Å². The molecule has 0 saturated carbocycles. The number of aromatic nitrogens is 2. The number of hydrogen-bond donors (Lipinski definition) is 2. The Morgan fingerprint density at radius 1 is 1.26 bits per heavy atom. The number of nitrogens with one attached hydrogen (secondary N) is 2. The van der Waals surface area contributed by atoms with Gasteiger partial charge >= 0.3 is 0 Å². The lowest BCUT2D eigenvalue weighted by atomic mass is 10.2. The van der Waals surface area contributed by atoms with Crippen LogP contribution in [0.15, 0.2) is 18.2 Å². The molecule has 0 amide bonds. The third-order valence-electron chi connectivity index (χ3n) is 3.28. The van der Waals surface area contributed by atoms with E-state index < -0.39 is 0 Å². The first-order valence-corrected chi connectivity index (χ1v) is 6.76. The van der Waals surface area contributed by atoms with Gasteiger partial charge in [-0.05, 0) is 18.2 Å². The number of nitrogens with zero attached hydrogens (tertiary/aromatic N) is 3. The Balaban J connectivity index is 2.15. The summed E-state index contributed by atoms with van der Waals surface area (Å²) in [5, 5.41) is 8.08. The van der Waals surface area contributed by atoms with Crippen molar-refractivity contribution >= 4 is 34.3 Å². The molecule has 0 unspecified atom stereocenters. The summed E-state index contributed by atoms with van der Waals surface area (Å²) in [6.45, 7) is 3.84. The molecular formula is C13H16ClN5. The number of piperazine rings is 1. The number of benzene rings is 1. The zero-order chi connectivity index (χ0) is 13.2. The molecule has 2 N–H and O–H groups in total. The van der Waals surface area contributed by atoms with Gasteiger partial charge in [0, 0.05) is 43.6 Å². The van der Waals surface area contributed by atoms with E-state index in [4.69, 9.17) is 11.6 Å². The fraction of sp³-hybridized carbons (Fsp3) is 0.385. The summed E-state index contributed by atoms with van der Waals surface area (Å²) in [6.07, 6.45) is 0. The second-order valence-electron chi connectivity index (χ2n) is 4.52. The highest BCUT2D eigenvalue weighted by Crippen LogP contribution is 2.28. The minimum absolute atomic E-state index is 0.642. The van der Waals surface area contributed by atoms with Crippen LogP contribution in [-0.4, -0.2) is 43.2 Å². The number of halogens is 1. The van der Waals surface area contributed by atoms with E-state index in [0.29, 0.717) is 11.0 Å². The molecule has 1 aromatic heterocycles. The normalized spacial score (nSPS) is 15.8. The van der Waals surface area contributed by atoms with Gasteiger partial charge in [0.1, 0.15) is 5.82 Å². The highest BCUT2D eigenvalue weighted by molar-refractivity contribution is 6.31. The number of rotatable bonds is 2. The van der Waals surface area contributed by atoms with Gasteiger partial charge in [0.25, 0.3) is 0 Å². The average Bonchev–Trinajstić information content (AvgIpc) is 2.47. The van der Waals surface area contributed by atoms with Crippen LogP contribution in [0.4, 0.5) is 11.8 Å². The summed E-state index contributed by atoms with van der Waals surface area (Å²) in [5.41, 5.74) is 0.914. The Labute approximate surface area is 117 Å². The molecule has 0 spiro atoms. The summed E-state index contributed by atoms with van der Waals surface area (Å²) in [6, 6.07) is 5.73. The Morgan fingerprint density at radius 3 is 2.79 bits per heavy atom. The van der Waals surface area contributed by atoms with E-state index in [1.54, 1.807) is 0 Å². The molecular weight excluding hydrogens is 262 g/mol. The fourth-order valence-electron chi connectivity index (χ4n) is 2.31. The quantitative estimate of drug-likeness (QED) is 0.876. The van der Waals surface area contributed by atoms with Gasteiger partial charge in [0.15, 0.2) is 0 Å². The van der Waals surface area contributed by atoms with Crippen molar-refractivity contribution in [3.8, 4) is 0 Å². The highest BCUT2D eigenvalue weighted by atomic mass is 35.5. The molecule has 0 atom stereocenters. The molecule has 0 bridgehead atoms. The number of fused-ring (bicyclic) bond motifs is 1. The lowest BCUT2D eigenvalue weighted by Gasteiger charge is -2.29. The van der Waals surface area contributed by atoms with E-state index in [2.05, 4.69) is 25.5 Å². The van der Waals surface area contributed by atoms with E-state index in [-0.39, 0.29) is 0 Å². The molecule has 2 heterocycles. The minimum Gasteiger partial charge on any atom is -0.357 e. The average molecular weight is 278 g/mol. The third kappa shape index (κ3) is 2.43. The van der Waals surface area contributed by atoms with Crippen LogP contribution in [0.2, 0.25) is 5.02 Å². The second kappa shape index (κ2) is 5.19. The molecule has 1 aliphatic heterocycles. The maximum atomic E-state index is 6.10. The van der Waals surface area contributed by atoms with Crippen LogP contribution in [0.3, 0.4) is 0 Å². The molecule has 2 aromatic rings. The van der Waals surface area contributed by atoms with Crippen LogP contribution in [-0.2, 0) is 0 Å². The van der Waals surface area contributed by atoms with Crippen molar-refractivity contribution < 1.29 is 0 Å². The topological polar surface area (TPSA) is 53.1 Å². The van der Waals surface area contributed by atoms with Gasteiger partial charge in [-0.25, -0.2) is 4.98 Å². The smallest absolute Gasteiger partial charge is 0.224 e. The molecule has 100 valence electrons. The van der Waals surface area contributed by atoms with E-state index in [1.165, 1.54) is 0 Å². The maximum absolute atomic E-state index is 6.10. The Morgan fingerprint density at radius 2 is 2.05 bits per heavy atom. The van der Waals surface area contributed by atoms with Crippen LogP contribution in [0, 0.1) is 0 Å². The lowest BCUT2D eigenvalue weighted by molar-refractivity contribution is 0.586. The summed E-state index contributed by atoms with van der Waals surface area (Å²) in [5.74, 6) is 1.60. The van der Waals surface area contributed by atoms with Crippen molar-refractivity contribution in [3.05, 3.63) is 23.2 Å². The SMILES string of the molecule is CNc1nc(N2CCNCC2)c2cc(Cl)ccc2n1. The maximum Gasteiger partial charge on any atom is 0.224 e. The van der Waals surface area contributed by atoms with E-state index in [1.807, 2.05) is 25.2 Å². The van der Waals surface area contributed by atoms with E-state index in [9.17, 15) is 0 Å². The fourth-order valence-corrected chi connectivity index (χ4v) is 2.49. The monoisotopic (exact) mass is 277 g/mol. The van der Waals surface area contributed by atoms with Crippen LogP contribution in [0.5, 0.6) is 0 Å². The summed E-state index contributed by atoms with van der Waals surface area (Å²) in [7, 11) is 1.83. The zero-order valence-corrected chi connectivity index (χ0v) is 11.5. The molecule has 0 radical (unpaired) electrons. The van der Waals surface area contributed by atoms with Crippen LogP contribution in [0.1, 0.15) is 0 Å². The van der Waals surface area contributed by atoms with Gasteiger partial charge in [-0.15, -0.1) is 0 Å². The standard InChI is InChI=1S/C13H16ClN5/c1-15-13-17-11-3-2-9(14)8-10(11)12(18-13)19-6-4-16-5-7-19/h2-3,8,16H,4-7H2,1H3,(H,15,17,18). The predicted octanol–water partition coefficient (Wildman–Crippen LogP) is 1.73. The van der Waals surface area contributed by atoms with E-state index in [0.717, 1.165) is 42.9 Å². The van der Waals surface area contributed by atoms with Crippen molar-refractivity contribution in [1.82, 2.24) is 15.3 Å². The molecule has 1 saturated heterocycles. The molecule has 3 rings (SSSR count). The summed E-state index contributed by atoms with van der Waals surface area (Å²) in [4.78, 5) is 11.3. The Bertz CT molecular complexity index is 595. The van der Waals surface area contributed by atoms with Crippen LogP contribution < -0.4 is 15.5 Å². The first kappa shape index (κ1) is 12.4. The largest absolute Gasteiger partial charge is 0.357 e. The summed E-state index contributed by atoms with van der Waals surface area (Å²) >= 11 is 6.10. The zero-order valence-electron chi connectivity index (χ0n) is 10.8. The van der Waals surface area contributed by atoms with Gasteiger partial charge in [-0.3, -0.25) is 0 Å². The lowest BCUT2D eigenvalue weighted by Crippen LogP contribution is -2.44. The van der Waals surface area contributed by atoms with Crippen molar-refractivity contribution in [2.45, 2.75) is 0 Å².